The van der Waals surface area contributed by atoms with E-state index in [-0.39, 0.29) is 0 Å². The van der Waals surface area contributed by atoms with Gasteiger partial charge in [0.2, 0.25) is 0 Å². The highest BCUT2D eigenvalue weighted by atomic mass is 16.6. The molecule has 0 aromatic rings. The second-order valence-electron chi connectivity index (χ2n) is 1.93. The van der Waals surface area contributed by atoms with Gasteiger partial charge in [0.1, 0.15) is 6.61 Å². The average Bonchev–Trinajstić information content (AvgIpc) is 1.91. The fourth-order valence-corrected chi connectivity index (χ4v) is 0.461. The van der Waals surface area contributed by atoms with Crippen LogP contribution in [0.4, 0.5) is 0 Å². The van der Waals surface area contributed by atoms with Gasteiger partial charge in [-0.05, 0) is 6.92 Å². The molecule has 0 radical (unpaired) electrons. The van der Waals surface area contributed by atoms with E-state index in [0.717, 1.165) is 12.3 Å². The Hall–Kier alpha value is -0.530. The number of hydrogen-bond donors (Lipinski definition) is 0. The third kappa shape index (κ3) is 0.734. The molecule has 0 aromatic heterocycles. The highest BCUT2D eigenvalue weighted by Crippen LogP contribution is 2.06. The summed E-state index contributed by atoms with van der Waals surface area (Å²) >= 11 is 0. The predicted octanol–water partition coefficient (Wildman–Crippen LogP) is 1.03. The molecule has 0 aromatic carbocycles. The molecule has 0 fully saturated rings. The number of hydrogen-bond acceptors (Lipinski definition) is 2. The summed E-state index contributed by atoms with van der Waals surface area (Å²) in [5.41, 5.74) is 1.11. The third-order valence-corrected chi connectivity index (χ3v) is 1.25. The summed E-state index contributed by atoms with van der Waals surface area (Å²) in [5, 5.41) is 3.73. The maximum atomic E-state index is 4.76. The standard InChI is InChI=1S/C5H9NO/c1-4-3-7-6-5(4)2/h4H,3H2,1-2H3. The first kappa shape index (κ1) is 4.62. The minimum atomic E-state index is 0.542. The van der Waals surface area contributed by atoms with E-state index in [1.54, 1.807) is 0 Å². The van der Waals surface area contributed by atoms with Gasteiger partial charge in [-0.3, -0.25) is 0 Å². The summed E-state index contributed by atoms with van der Waals surface area (Å²) in [6.07, 6.45) is 0. The first-order chi connectivity index (χ1) is 3.30. The molecule has 1 unspecified atom stereocenters. The van der Waals surface area contributed by atoms with Crippen LogP contribution in [-0.2, 0) is 4.84 Å². The van der Waals surface area contributed by atoms with Crippen molar-refractivity contribution in [2.75, 3.05) is 6.61 Å². The first-order valence-corrected chi connectivity index (χ1v) is 2.47. The van der Waals surface area contributed by atoms with Gasteiger partial charge in [0.25, 0.3) is 0 Å². The van der Waals surface area contributed by atoms with Crippen molar-refractivity contribution in [1.82, 2.24) is 0 Å². The first-order valence-electron chi connectivity index (χ1n) is 2.47. The molecule has 1 heterocycles. The Labute approximate surface area is 43.2 Å². The van der Waals surface area contributed by atoms with Gasteiger partial charge in [-0.2, -0.15) is 0 Å². The van der Waals surface area contributed by atoms with Gasteiger partial charge in [-0.25, -0.2) is 0 Å². The van der Waals surface area contributed by atoms with Crippen molar-refractivity contribution in [3.05, 3.63) is 0 Å². The maximum Gasteiger partial charge on any atom is 0.125 e. The molecule has 0 saturated carbocycles. The molecular formula is C5H9NO. The summed E-state index contributed by atoms with van der Waals surface area (Å²) in [7, 11) is 0. The van der Waals surface area contributed by atoms with Crippen LogP contribution in [0.3, 0.4) is 0 Å². The molecule has 1 aliphatic heterocycles. The Bertz CT molecular complexity index is 98.3. The summed E-state index contributed by atoms with van der Waals surface area (Å²) < 4.78 is 0. The Morgan fingerprint density at radius 2 is 2.57 bits per heavy atom. The van der Waals surface area contributed by atoms with Crippen LogP contribution in [-0.4, -0.2) is 12.3 Å². The monoisotopic (exact) mass is 99.1 g/mol. The Balaban J connectivity index is 2.54. The zero-order valence-corrected chi connectivity index (χ0v) is 4.64. The van der Waals surface area contributed by atoms with E-state index in [1.807, 2.05) is 6.92 Å². The highest BCUT2D eigenvalue weighted by Gasteiger charge is 2.11. The molecule has 0 N–H and O–H groups in total. The molecule has 1 atom stereocenters. The van der Waals surface area contributed by atoms with Gasteiger partial charge < -0.3 is 4.84 Å². The van der Waals surface area contributed by atoms with Gasteiger partial charge in [0, 0.05) is 5.92 Å². The molecule has 1 aliphatic rings. The lowest BCUT2D eigenvalue weighted by molar-refractivity contribution is 0.158. The fraction of sp³-hybridized carbons (Fsp3) is 0.800. The van der Waals surface area contributed by atoms with Crippen LogP contribution < -0.4 is 0 Å². The van der Waals surface area contributed by atoms with E-state index in [2.05, 4.69) is 12.1 Å². The van der Waals surface area contributed by atoms with Gasteiger partial charge in [0.15, 0.2) is 0 Å². The van der Waals surface area contributed by atoms with Crippen LogP contribution >= 0.6 is 0 Å². The van der Waals surface area contributed by atoms with Crippen molar-refractivity contribution < 1.29 is 4.84 Å². The summed E-state index contributed by atoms with van der Waals surface area (Å²) in [5.74, 6) is 0.542. The molecule has 7 heavy (non-hydrogen) atoms. The summed E-state index contributed by atoms with van der Waals surface area (Å²) in [4.78, 5) is 4.76. The summed E-state index contributed by atoms with van der Waals surface area (Å²) in [6, 6.07) is 0. The van der Waals surface area contributed by atoms with Crippen molar-refractivity contribution in [2.24, 2.45) is 11.1 Å². The van der Waals surface area contributed by atoms with Crippen LogP contribution in [0.25, 0.3) is 0 Å². The molecule has 40 valence electrons. The quantitative estimate of drug-likeness (QED) is 0.444. The zero-order chi connectivity index (χ0) is 5.28. The van der Waals surface area contributed by atoms with Gasteiger partial charge in [-0.1, -0.05) is 12.1 Å². The molecular weight excluding hydrogens is 90.1 g/mol. The zero-order valence-electron chi connectivity index (χ0n) is 4.64. The Kier molecular flexibility index (Phi) is 1.01. The number of nitrogens with zero attached hydrogens (tertiary/aromatic N) is 1. The van der Waals surface area contributed by atoms with Crippen molar-refractivity contribution in [2.45, 2.75) is 13.8 Å². The largest absolute Gasteiger partial charge is 0.395 e. The maximum absolute atomic E-state index is 4.76. The highest BCUT2D eigenvalue weighted by molar-refractivity contribution is 5.84. The molecule has 0 saturated heterocycles. The van der Waals surface area contributed by atoms with E-state index in [1.165, 1.54) is 0 Å². The van der Waals surface area contributed by atoms with Crippen LogP contribution in [0.15, 0.2) is 5.16 Å². The number of oxime groups is 1. The molecule has 0 bridgehead atoms. The van der Waals surface area contributed by atoms with Gasteiger partial charge in [0.05, 0.1) is 5.71 Å². The molecule has 0 spiro atoms. The van der Waals surface area contributed by atoms with Crippen LogP contribution in [0.1, 0.15) is 13.8 Å². The van der Waals surface area contributed by atoms with Crippen LogP contribution in [0, 0.1) is 5.92 Å². The number of rotatable bonds is 0. The second kappa shape index (κ2) is 1.52. The molecule has 2 heteroatoms. The lowest BCUT2D eigenvalue weighted by atomic mass is 10.1. The predicted molar refractivity (Wildman–Crippen MR) is 28.2 cm³/mol. The van der Waals surface area contributed by atoms with Gasteiger partial charge in [-0.15, -0.1) is 0 Å². The fourth-order valence-electron chi connectivity index (χ4n) is 0.461. The topological polar surface area (TPSA) is 21.6 Å². The SMILES string of the molecule is CC1=NOCC1C. The molecule has 2 nitrogen and oxygen atoms in total. The van der Waals surface area contributed by atoms with Gasteiger partial charge >= 0.3 is 0 Å². The van der Waals surface area contributed by atoms with E-state index in [4.69, 9.17) is 4.84 Å². The lowest BCUT2D eigenvalue weighted by Gasteiger charge is -1.92. The normalized spacial score (nSPS) is 29.4. The smallest absolute Gasteiger partial charge is 0.125 e. The van der Waals surface area contributed by atoms with E-state index < -0.39 is 0 Å². The summed E-state index contributed by atoms with van der Waals surface area (Å²) in [6.45, 7) is 4.86. The molecule has 0 aliphatic carbocycles. The Morgan fingerprint density at radius 3 is 2.71 bits per heavy atom. The van der Waals surface area contributed by atoms with Crippen molar-refractivity contribution in [3.63, 3.8) is 0 Å². The Morgan fingerprint density at radius 1 is 1.86 bits per heavy atom. The average molecular weight is 99.1 g/mol. The van der Waals surface area contributed by atoms with E-state index >= 15 is 0 Å². The van der Waals surface area contributed by atoms with Crippen molar-refractivity contribution in [1.29, 1.82) is 0 Å². The van der Waals surface area contributed by atoms with Crippen molar-refractivity contribution >= 4 is 5.71 Å². The minimum Gasteiger partial charge on any atom is -0.395 e. The molecule has 0 amide bonds. The van der Waals surface area contributed by atoms with Crippen LogP contribution in [0.2, 0.25) is 0 Å². The molecule has 1 rings (SSSR count). The second-order valence-corrected chi connectivity index (χ2v) is 1.93. The van der Waals surface area contributed by atoms with Crippen LogP contribution in [0.5, 0.6) is 0 Å². The lowest BCUT2D eigenvalue weighted by Crippen LogP contribution is -2.02. The minimum absolute atomic E-state index is 0.542. The van der Waals surface area contributed by atoms with Crippen molar-refractivity contribution in [3.8, 4) is 0 Å². The van der Waals surface area contributed by atoms with E-state index in [0.29, 0.717) is 5.92 Å². The van der Waals surface area contributed by atoms with E-state index in [9.17, 15) is 0 Å². The third-order valence-electron chi connectivity index (χ3n) is 1.25.